The molecule has 6 heteroatoms. The fourth-order valence-corrected chi connectivity index (χ4v) is 2.66. The summed E-state index contributed by atoms with van der Waals surface area (Å²) in [5.74, 6) is -0.561. The van der Waals surface area contributed by atoms with Crippen LogP contribution in [0.1, 0.15) is 44.4 Å². The van der Waals surface area contributed by atoms with Crippen LogP contribution in [0.4, 0.5) is 11.5 Å². The highest BCUT2D eigenvalue weighted by Crippen LogP contribution is 2.32. The summed E-state index contributed by atoms with van der Waals surface area (Å²) in [5.41, 5.74) is 2.25. The van der Waals surface area contributed by atoms with Gasteiger partial charge in [-0.3, -0.25) is 9.59 Å². The summed E-state index contributed by atoms with van der Waals surface area (Å²) >= 11 is 0. The molecule has 2 heterocycles. The third-order valence-electron chi connectivity index (χ3n) is 4.00. The lowest BCUT2D eigenvalue weighted by Gasteiger charge is -2.24. The van der Waals surface area contributed by atoms with Crippen LogP contribution in [0, 0.1) is 0 Å². The number of aromatic nitrogens is 2. The lowest BCUT2D eigenvalue weighted by Crippen LogP contribution is -2.31. The van der Waals surface area contributed by atoms with Gasteiger partial charge in [0.05, 0.1) is 11.6 Å². The van der Waals surface area contributed by atoms with E-state index in [1.165, 1.54) is 0 Å². The Morgan fingerprint density at radius 3 is 2.58 bits per heavy atom. The molecule has 0 bridgehead atoms. The van der Waals surface area contributed by atoms with E-state index in [1.54, 1.807) is 12.1 Å². The van der Waals surface area contributed by atoms with E-state index in [9.17, 15) is 9.59 Å². The summed E-state index contributed by atoms with van der Waals surface area (Å²) in [7, 11) is 0. The average molecular weight is 324 g/mol. The second kappa shape index (κ2) is 6.03. The molecule has 0 saturated carbocycles. The van der Waals surface area contributed by atoms with E-state index in [-0.39, 0.29) is 23.7 Å². The van der Waals surface area contributed by atoms with Gasteiger partial charge in [0.1, 0.15) is 0 Å². The van der Waals surface area contributed by atoms with Crippen LogP contribution < -0.4 is 10.6 Å². The van der Waals surface area contributed by atoms with E-state index in [2.05, 4.69) is 20.8 Å². The molecule has 3 rings (SSSR count). The second-order valence-corrected chi connectivity index (χ2v) is 6.94. The highest BCUT2D eigenvalue weighted by molar-refractivity contribution is 6.04. The fourth-order valence-electron chi connectivity index (χ4n) is 2.66. The molecule has 0 spiro atoms. The second-order valence-electron chi connectivity index (χ2n) is 6.94. The van der Waals surface area contributed by atoms with Crippen LogP contribution in [0.25, 0.3) is 0 Å². The van der Waals surface area contributed by atoms with Crippen LogP contribution in [0.2, 0.25) is 0 Å². The van der Waals surface area contributed by atoms with Gasteiger partial charge in [0, 0.05) is 17.5 Å². The van der Waals surface area contributed by atoms with E-state index < -0.39 is 5.92 Å². The van der Waals surface area contributed by atoms with Gasteiger partial charge in [-0.2, -0.15) is 5.10 Å². The minimum Gasteiger partial charge on any atom is -0.326 e. The quantitative estimate of drug-likeness (QED) is 0.889. The van der Waals surface area contributed by atoms with Gasteiger partial charge in [0.2, 0.25) is 11.8 Å². The SMILES string of the molecule is CC(C)(C)c1ccc(NC(=O)[C@@H]2CC(=O)Nc3ccccc32)nn1. The van der Waals surface area contributed by atoms with Crippen molar-refractivity contribution in [1.82, 2.24) is 10.2 Å². The molecule has 2 N–H and O–H groups in total. The molecular weight excluding hydrogens is 304 g/mol. The summed E-state index contributed by atoms with van der Waals surface area (Å²) in [6.45, 7) is 6.15. The number of benzene rings is 1. The first kappa shape index (κ1) is 16.1. The molecule has 0 unspecified atom stereocenters. The molecule has 1 aromatic heterocycles. The molecule has 2 aromatic rings. The third kappa shape index (κ3) is 3.27. The van der Waals surface area contributed by atoms with Crippen molar-refractivity contribution >= 4 is 23.3 Å². The van der Waals surface area contributed by atoms with Gasteiger partial charge >= 0.3 is 0 Å². The lowest BCUT2D eigenvalue weighted by atomic mass is 9.90. The standard InChI is InChI=1S/C18H20N4O2/c1-18(2,3)14-8-9-15(22-21-14)20-17(24)12-10-16(23)19-13-7-5-4-6-11(12)13/h4-9,12H,10H2,1-3H3,(H,19,23)(H,20,22,24)/t12-/m1/s1. The number of para-hydroxylation sites is 1. The Balaban J connectivity index is 1.79. The summed E-state index contributed by atoms with van der Waals surface area (Å²) in [6.07, 6.45) is 0.121. The molecule has 6 nitrogen and oxygen atoms in total. The summed E-state index contributed by atoms with van der Waals surface area (Å²) in [6, 6.07) is 10.9. The first-order chi connectivity index (χ1) is 11.3. The molecule has 0 fully saturated rings. The Morgan fingerprint density at radius 2 is 1.92 bits per heavy atom. The number of amides is 2. The Bertz CT molecular complexity index is 778. The van der Waals surface area contributed by atoms with E-state index in [0.29, 0.717) is 11.5 Å². The average Bonchev–Trinajstić information content (AvgIpc) is 2.53. The predicted molar refractivity (Wildman–Crippen MR) is 91.8 cm³/mol. The lowest BCUT2D eigenvalue weighted by molar-refractivity contribution is -0.123. The van der Waals surface area contributed by atoms with Crippen molar-refractivity contribution in [1.29, 1.82) is 0 Å². The van der Waals surface area contributed by atoms with Crippen LogP contribution in [0.5, 0.6) is 0 Å². The van der Waals surface area contributed by atoms with Gasteiger partial charge in [-0.25, -0.2) is 0 Å². The number of anilines is 2. The number of carbonyl (C=O) groups is 2. The van der Waals surface area contributed by atoms with Crippen molar-refractivity contribution in [2.24, 2.45) is 0 Å². The van der Waals surface area contributed by atoms with Gasteiger partial charge in [0.15, 0.2) is 5.82 Å². The van der Waals surface area contributed by atoms with E-state index >= 15 is 0 Å². The largest absolute Gasteiger partial charge is 0.326 e. The minimum atomic E-state index is -0.529. The molecule has 0 aliphatic carbocycles. The molecule has 124 valence electrons. The van der Waals surface area contributed by atoms with Crippen LogP contribution in [0.15, 0.2) is 36.4 Å². The molecule has 0 radical (unpaired) electrons. The van der Waals surface area contributed by atoms with E-state index in [1.807, 2.05) is 45.0 Å². The van der Waals surface area contributed by atoms with E-state index in [0.717, 1.165) is 11.3 Å². The number of rotatable bonds is 2. The zero-order chi connectivity index (χ0) is 17.3. The van der Waals surface area contributed by atoms with Gasteiger partial charge in [0.25, 0.3) is 0 Å². The highest BCUT2D eigenvalue weighted by Gasteiger charge is 2.30. The monoisotopic (exact) mass is 324 g/mol. The smallest absolute Gasteiger partial charge is 0.233 e. The number of carbonyl (C=O) groups excluding carboxylic acids is 2. The number of nitrogens with one attached hydrogen (secondary N) is 2. The van der Waals surface area contributed by atoms with Crippen molar-refractivity contribution in [2.45, 2.75) is 38.5 Å². The first-order valence-electron chi connectivity index (χ1n) is 7.88. The Hall–Kier alpha value is -2.76. The summed E-state index contributed by atoms with van der Waals surface area (Å²) in [4.78, 5) is 24.4. The Labute approximate surface area is 140 Å². The molecule has 0 saturated heterocycles. The highest BCUT2D eigenvalue weighted by atomic mass is 16.2. The maximum Gasteiger partial charge on any atom is 0.233 e. The van der Waals surface area contributed by atoms with Gasteiger partial charge in [-0.15, -0.1) is 5.10 Å². The van der Waals surface area contributed by atoms with Gasteiger partial charge < -0.3 is 10.6 Å². The minimum absolute atomic E-state index is 0.101. The third-order valence-corrected chi connectivity index (χ3v) is 4.00. The van der Waals surface area contributed by atoms with Crippen LogP contribution >= 0.6 is 0 Å². The first-order valence-corrected chi connectivity index (χ1v) is 7.88. The predicted octanol–water partition coefficient (Wildman–Crippen LogP) is 2.84. The Morgan fingerprint density at radius 1 is 1.17 bits per heavy atom. The molecule has 1 aliphatic rings. The summed E-state index contributed by atoms with van der Waals surface area (Å²) in [5, 5.41) is 13.8. The number of fused-ring (bicyclic) bond motifs is 1. The van der Waals surface area contributed by atoms with Crippen LogP contribution in [0.3, 0.4) is 0 Å². The Kier molecular flexibility index (Phi) is 4.05. The normalized spacial score (nSPS) is 17.0. The van der Waals surface area contributed by atoms with Crippen molar-refractivity contribution in [3.63, 3.8) is 0 Å². The summed E-state index contributed by atoms with van der Waals surface area (Å²) < 4.78 is 0. The fraction of sp³-hybridized carbons (Fsp3) is 0.333. The molecule has 1 aliphatic heterocycles. The molecule has 2 amide bonds. The number of hydrogen-bond acceptors (Lipinski definition) is 4. The molecule has 24 heavy (non-hydrogen) atoms. The van der Waals surface area contributed by atoms with Crippen LogP contribution in [-0.2, 0) is 15.0 Å². The maximum absolute atomic E-state index is 12.6. The molecular formula is C18H20N4O2. The van der Waals surface area contributed by atoms with Crippen molar-refractivity contribution < 1.29 is 9.59 Å². The van der Waals surface area contributed by atoms with Gasteiger partial charge in [-0.1, -0.05) is 39.0 Å². The zero-order valence-electron chi connectivity index (χ0n) is 14.0. The van der Waals surface area contributed by atoms with Crippen molar-refractivity contribution in [3.05, 3.63) is 47.7 Å². The topological polar surface area (TPSA) is 84.0 Å². The molecule has 1 atom stereocenters. The van der Waals surface area contributed by atoms with Crippen molar-refractivity contribution in [2.75, 3.05) is 10.6 Å². The zero-order valence-corrected chi connectivity index (χ0v) is 14.0. The van der Waals surface area contributed by atoms with Crippen LogP contribution in [-0.4, -0.2) is 22.0 Å². The maximum atomic E-state index is 12.6. The van der Waals surface area contributed by atoms with E-state index in [4.69, 9.17) is 0 Å². The van der Waals surface area contributed by atoms with Gasteiger partial charge in [-0.05, 0) is 23.8 Å². The number of nitrogens with zero attached hydrogens (tertiary/aromatic N) is 2. The number of hydrogen-bond donors (Lipinski definition) is 2. The molecule has 1 aromatic carbocycles. The van der Waals surface area contributed by atoms with Crippen molar-refractivity contribution in [3.8, 4) is 0 Å².